The van der Waals surface area contributed by atoms with E-state index >= 15 is 0 Å². The Balaban J connectivity index is 2.68. The zero-order valence-corrected chi connectivity index (χ0v) is 10.7. The molecule has 1 fully saturated rings. The molecule has 0 amide bonds. The van der Waals surface area contributed by atoms with E-state index in [0.29, 0.717) is 13.2 Å². The predicted molar refractivity (Wildman–Crippen MR) is 62.4 cm³/mol. The third-order valence-electron chi connectivity index (χ3n) is 2.92. The fraction of sp³-hybridized carbons (Fsp3) is 0.917. The van der Waals surface area contributed by atoms with Crippen molar-refractivity contribution in [3.8, 4) is 0 Å². The highest BCUT2D eigenvalue weighted by Crippen LogP contribution is 2.24. The van der Waals surface area contributed by atoms with Crippen molar-refractivity contribution in [3.05, 3.63) is 0 Å². The number of nitrogens with zero attached hydrogens (tertiary/aromatic N) is 1. The van der Waals surface area contributed by atoms with Crippen LogP contribution in [-0.2, 0) is 9.53 Å². The van der Waals surface area contributed by atoms with Crippen molar-refractivity contribution in [2.45, 2.75) is 33.7 Å². The zero-order chi connectivity index (χ0) is 12.3. The van der Waals surface area contributed by atoms with Gasteiger partial charge in [-0.05, 0) is 12.0 Å². The molecule has 2 atom stereocenters. The second kappa shape index (κ2) is 5.15. The molecule has 94 valence electrons. The number of carboxylic acid groups (broad SMARTS) is 1. The van der Waals surface area contributed by atoms with Gasteiger partial charge in [-0.3, -0.25) is 9.69 Å². The van der Waals surface area contributed by atoms with E-state index < -0.39 is 5.97 Å². The first-order valence-electron chi connectivity index (χ1n) is 5.89. The van der Waals surface area contributed by atoms with Gasteiger partial charge >= 0.3 is 5.97 Å². The maximum atomic E-state index is 11.1. The van der Waals surface area contributed by atoms with Crippen LogP contribution in [0, 0.1) is 11.3 Å². The molecule has 2 unspecified atom stereocenters. The minimum Gasteiger partial charge on any atom is -0.481 e. The quantitative estimate of drug-likeness (QED) is 0.793. The molecule has 0 bridgehead atoms. The summed E-state index contributed by atoms with van der Waals surface area (Å²) in [6.07, 6.45) is 0. The summed E-state index contributed by atoms with van der Waals surface area (Å²) in [5.74, 6) is -1.11. The van der Waals surface area contributed by atoms with Gasteiger partial charge in [0.1, 0.15) is 0 Å². The largest absolute Gasteiger partial charge is 0.481 e. The molecule has 4 heteroatoms. The summed E-state index contributed by atoms with van der Waals surface area (Å²) in [7, 11) is 0. The number of carboxylic acids is 1. The van der Waals surface area contributed by atoms with Crippen LogP contribution in [0.25, 0.3) is 0 Å². The Morgan fingerprint density at radius 2 is 2.06 bits per heavy atom. The number of likely N-dealkylation sites (N-methyl/N-ethyl adjacent to an activating group) is 1. The lowest BCUT2D eigenvalue weighted by Gasteiger charge is -2.34. The third kappa shape index (κ3) is 3.46. The van der Waals surface area contributed by atoms with Crippen molar-refractivity contribution in [3.63, 3.8) is 0 Å². The van der Waals surface area contributed by atoms with Gasteiger partial charge in [-0.15, -0.1) is 0 Å². The average molecular weight is 229 g/mol. The summed E-state index contributed by atoms with van der Waals surface area (Å²) in [6.45, 7) is 11.2. The van der Waals surface area contributed by atoms with Gasteiger partial charge in [-0.1, -0.05) is 27.7 Å². The van der Waals surface area contributed by atoms with Crippen molar-refractivity contribution in [1.82, 2.24) is 4.90 Å². The van der Waals surface area contributed by atoms with E-state index in [2.05, 4.69) is 32.6 Å². The summed E-state index contributed by atoms with van der Waals surface area (Å²) in [5, 5.41) is 9.12. The maximum Gasteiger partial charge on any atom is 0.310 e. The zero-order valence-electron chi connectivity index (χ0n) is 10.7. The normalized spacial score (nSPS) is 26.3. The first-order valence-corrected chi connectivity index (χ1v) is 5.89. The Bertz CT molecular complexity index is 247. The highest BCUT2D eigenvalue weighted by molar-refractivity contribution is 5.71. The van der Waals surface area contributed by atoms with Gasteiger partial charge in [0, 0.05) is 12.6 Å². The first-order chi connectivity index (χ1) is 7.35. The van der Waals surface area contributed by atoms with Crippen molar-refractivity contribution in [1.29, 1.82) is 0 Å². The monoisotopic (exact) mass is 229 g/mol. The van der Waals surface area contributed by atoms with Crippen LogP contribution in [0.2, 0.25) is 0 Å². The van der Waals surface area contributed by atoms with E-state index in [1.54, 1.807) is 0 Å². The van der Waals surface area contributed by atoms with Crippen molar-refractivity contribution in [2.24, 2.45) is 11.3 Å². The molecular formula is C12H23NO3. The molecule has 0 spiro atoms. The van der Waals surface area contributed by atoms with Crippen LogP contribution in [0.5, 0.6) is 0 Å². The Hall–Kier alpha value is -0.610. The van der Waals surface area contributed by atoms with Crippen LogP contribution in [0.3, 0.4) is 0 Å². The summed E-state index contributed by atoms with van der Waals surface area (Å²) >= 11 is 0. The molecule has 1 saturated heterocycles. The number of hydrogen-bond donors (Lipinski definition) is 1. The molecule has 0 aromatic heterocycles. The predicted octanol–water partition coefficient (Wildman–Crippen LogP) is 1.45. The summed E-state index contributed by atoms with van der Waals surface area (Å²) in [4.78, 5) is 13.3. The molecule has 0 radical (unpaired) electrons. The van der Waals surface area contributed by atoms with Crippen LogP contribution in [-0.4, -0.2) is 48.3 Å². The molecule has 0 aromatic rings. The van der Waals surface area contributed by atoms with Gasteiger partial charge in [0.05, 0.1) is 19.1 Å². The lowest BCUT2D eigenvalue weighted by molar-refractivity contribution is -0.143. The summed E-state index contributed by atoms with van der Waals surface area (Å²) < 4.78 is 5.31. The maximum absolute atomic E-state index is 11.1. The number of ether oxygens (including phenoxy) is 1. The Morgan fingerprint density at radius 1 is 1.44 bits per heavy atom. The van der Waals surface area contributed by atoms with Crippen LogP contribution in [0.15, 0.2) is 0 Å². The van der Waals surface area contributed by atoms with Gasteiger partial charge in [-0.2, -0.15) is 0 Å². The lowest BCUT2D eigenvalue weighted by Crippen LogP contribution is -2.46. The van der Waals surface area contributed by atoms with Gasteiger partial charge in [-0.25, -0.2) is 0 Å². The fourth-order valence-electron chi connectivity index (χ4n) is 2.21. The molecule has 1 aliphatic rings. The molecule has 4 nitrogen and oxygen atoms in total. The molecule has 0 saturated carbocycles. The second-order valence-electron chi connectivity index (χ2n) is 5.67. The first kappa shape index (κ1) is 13.5. The summed E-state index contributed by atoms with van der Waals surface area (Å²) in [6, 6.07) is 0.0294. The molecule has 1 heterocycles. The van der Waals surface area contributed by atoms with Gasteiger partial charge in [0.2, 0.25) is 0 Å². The topological polar surface area (TPSA) is 49.8 Å². The van der Waals surface area contributed by atoms with Gasteiger partial charge in [0.25, 0.3) is 0 Å². The lowest BCUT2D eigenvalue weighted by atomic mass is 9.93. The molecule has 0 aromatic carbocycles. The number of hydrogen-bond acceptors (Lipinski definition) is 3. The molecule has 0 aliphatic carbocycles. The Labute approximate surface area is 97.6 Å². The van der Waals surface area contributed by atoms with Gasteiger partial charge in [0.15, 0.2) is 0 Å². The number of carbonyl (C=O) groups is 1. The van der Waals surface area contributed by atoms with E-state index in [-0.39, 0.29) is 17.4 Å². The Morgan fingerprint density at radius 3 is 2.50 bits per heavy atom. The van der Waals surface area contributed by atoms with Crippen LogP contribution >= 0.6 is 0 Å². The van der Waals surface area contributed by atoms with Crippen molar-refractivity contribution < 1.29 is 14.6 Å². The molecule has 1 N–H and O–H groups in total. The third-order valence-corrected chi connectivity index (χ3v) is 2.92. The molecule has 1 rings (SSSR count). The van der Waals surface area contributed by atoms with E-state index in [9.17, 15) is 4.79 Å². The fourth-order valence-corrected chi connectivity index (χ4v) is 2.21. The van der Waals surface area contributed by atoms with E-state index in [1.165, 1.54) is 0 Å². The van der Waals surface area contributed by atoms with Gasteiger partial charge < -0.3 is 9.84 Å². The molecule has 1 aliphatic heterocycles. The van der Waals surface area contributed by atoms with E-state index in [0.717, 1.165) is 13.1 Å². The minimum atomic E-state index is -0.741. The SMILES string of the molecule is CCN(CC(C)(C)C)C1COCC1C(=O)O. The highest BCUT2D eigenvalue weighted by atomic mass is 16.5. The minimum absolute atomic E-state index is 0.0294. The Kier molecular flexibility index (Phi) is 4.33. The van der Waals surface area contributed by atoms with Crippen LogP contribution in [0.4, 0.5) is 0 Å². The highest BCUT2D eigenvalue weighted by Gasteiger charge is 2.38. The van der Waals surface area contributed by atoms with Crippen LogP contribution in [0.1, 0.15) is 27.7 Å². The van der Waals surface area contributed by atoms with Crippen molar-refractivity contribution >= 4 is 5.97 Å². The number of rotatable bonds is 4. The van der Waals surface area contributed by atoms with E-state index in [1.807, 2.05) is 0 Å². The standard InChI is InChI=1S/C12H23NO3/c1-5-13(8-12(2,3)4)10-7-16-6-9(10)11(14)15/h9-10H,5-8H2,1-4H3,(H,14,15). The smallest absolute Gasteiger partial charge is 0.310 e. The average Bonchev–Trinajstić information content (AvgIpc) is 2.60. The van der Waals surface area contributed by atoms with E-state index in [4.69, 9.17) is 9.84 Å². The molecule has 16 heavy (non-hydrogen) atoms. The summed E-state index contributed by atoms with van der Waals surface area (Å²) in [5.41, 5.74) is 0.182. The second-order valence-corrected chi connectivity index (χ2v) is 5.67. The number of aliphatic carboxylic acids is 1. The molecular weight excluding hydrogens is 206 g/mol. The van der Waals surface area contributed by atoms with Crippen molar-refractivity contribution in [2.75, 3.05) is 26.3 Å². The van der Waals surface area contributed by atoms with Crippen LogP contribution < -0.4 is 0 Å².